The van der Waals surface area contributed by atoms with Crippen LogP contribution in [0.25, 0.3) is 22.0 Å². The number of hydrogen-bond donors (Lipinski definition) is 3. The van der Waals surface area contributed by atoms with Crippen molar-refractivity contribution in [1.29, 1.82) is 0 Å². The monoisotopic (exact) mass is 512 g/mol. The number of aromatic nitrogens is 1. The molecule has 194 valence electrons. The lowest BCUT2D eigenvalue weighted by Gasteiger charge is -2.31. The number of benzene rings is 2. The van der Waals surface area contributed by atoms with Crippen molar-refractivity contribution in [2.45, 2.75) is 38.1 Å². The number of carbonyl (C=O) groups excluding carboxylic acids is 1. The van der Waals surface area contributed by atoms with Crippen LogP contribution in [0.5, 0.6) is 0 Å². The molecule has 36 heavy (non-hydrogen) atoms. The third-order valence-corrected chi connectivity index (χ3v) is 8.90. The number of piperidine rings is 1. The van der Waals surface area contributed by atoms with Crippen molar-refractivity contribution in [2.24, 2.45) is 5.73 Å². The molecule has 2 heterocycles. The Kier molecular flexibility index (Phi) is 8.46. The second-order valence-electron chi connectivity index (χ2n) is 9.51. The van der Waals surface area contributed by atoms with Crippen LogP contribution in [0.15, 0.2) is 42.6 Å². The molecule has 0 radical (unpaired) electrons. The van der Waals surface area contributed by atoms with Gasteiger partial charge in [0.05, 0.1) is 12.2 Å². The fourth-order valence-electron chi connectivity index (χ4n) is 5.18. The standard InChI is InChI=1S/C27H36N4O4S/c1-29-17-19-5-3-6-21(13-19)22-14-23(16-26(28)32)27-24(15-22)25(18-30-27)20-7-9-31(10-8-20)36(33,34)12-4-11-35-2/h3,5-6,13-15,18,20,29-30H,4,7-12,16-17H2,1-2H3,(H2,28,32). The van der Waals surface area contributed by atoms with E-state index in [9.17, 15) is 13.2 Å². The Morgan fingerprint density at radius 3 is 2.67 bits per heavy atom. The summed E-state index contributed by atoms with van der Waals surface area (Å²) in [5, 5.41) is 4.26. The number of sulfonamides is 1. The number of nitrogens with zero attached hydrogens (tertiary/aromatic N) is 1. The summed E-state index contributed by atoms with van der Waals surface area (Å²) in [5.74, 6) is -0.0256. The number of nitrogens with two attached hydrogens (primary N) is 1. The van der Waals surface area contributed by atoms with Gasteiger partial charge in [-0.15, -0.1) is 0 Å². The maximum Gasteiger partial charge on any atom is 0.221 e. The molecule has 2 aromatic carbocycles. The van der Waals surface area contributed by atoms with Crippen molar-refractivity contribution < 1.29 is 17.9 Å². The van der Waals surface area contributed by atoms with Crippen LogP contribution in [0.2, 0.25) is 0 Å². The molecule has 1 fully saturated rings. The Labute approximate surface area is 213 Å². The van der Waals surface area contributed by atoms with E-state index in [1.165, 1.54) is 11.1 Å². The maximum atomic E-state index is 12.7. The van der Waals surface area contributed by atoms with Crippen LogP contribution in [0.4, 0.5) is 0 Å². The minimum Gasteiger partial charge on any atom is -0.385 e. The molecule has 4 N–H and O–H groups in total. The zero-order valence-electron chi connectivity index (χ0n) is 21.0. The topological polar surface area (TPSA) is 118 Å². The second kappa shape index (κ2) is 11.6. The molecule has 3 aromatic rings. The highest BCUT2D eigenvalue weighted by Crippen LogP contribution is 2.37. The molecule has 1 aromatic heterocycles. The summed E-state index contributed by atoms with van der Waals surface area (Å²) < 4.78 is 32.0. The maximum absolute atomic E-state index is 12.7. The molecule has 0 bridgehead atoms. The highest BCUT2D eigenvalue weighted by Gasteiger charge is 2.29. The minimum atomic E-state index is -3.27. The normalized spacial score (nSPS) is 15.5. The molecule has 0 unspecified atom stereocenters. The van der Waals surface area contributed by atoms with Crippen molar-refractivity contribution in [2.75, 3.05) is 39.6 Å². The number of amides is 1. The number of ether oxygens (including phenoxy) is 1. The Hall–Kier alpha value is -2.72. The van der Waals surface area contributed by atoms with Crippen LogP contribution in [-0.4, -0.2) is 63.2 Å². The number of fused-ring (bicyclic) bond motifs is 1. The lowest BCUT2D eigenvalue weighted by Crippen LogP contribution is -2.39. The number of H-pyrrole nitrogens is 1. The fraction of sp³-hybridized carbons (Fsp3) is 0.444. The fourth-order valence-corrected chi connectivity index (χ4v) is 6.69. The van der Waals surface area contributed by atoms with E-state index < -0.39 is 10.0 Å². The predicted molar refractivity (Wildman–Crippen MR) is 143 cm³/mol. The zero-order chi connectivity index (χ0) is 25.7. The Bertz CT molecular complexity index is 1310. The third-order valence-electron chi connectivity index (χ3n) is 6.95. The molecule has 0 aliphatic carbocycles. The number of rotatable bonds is 11. The van der Waals surface area contributed by atoms with Gasteiger partial charge in [-0.1, -0.05) is 18.2 Å². The number of primary amides is 1. The average molecular weight is 513 g/mol. The van der Waals surface area contributed by atoms with E-state index in [4.69, 9.17) is 10.5 Å². The third kappa shape index (κ3) is 5.98. The Morgan fingerprint density at radius 1 is 1.19 bits per heavy atom. The summed E-state index contributed by atoms with van der Waals surface area (Å²) in [5.41, 5.74) is 11.9. The first kappa shape index (κ1) is 26.3. The number of carbonyl (C=O) groups is 1. The first-order valence-corrected chi connectivity index (χ1v) is 14.1. The van der Waals surface area contributed by atoms with E-state index in [1.807, 2.05) is 25.4 Å². The van der Waals surface area contributed by atoms with E-state index in [1.54, 1.807) is 11.4 Å². The van der Waals surface area contributed by atoms with E-state index in [0.29, 0.717) is 26.1 Å². The second-order valence-corrected chi connectivity index (χ2v) is 11.6. The zero-order valence-corrected chi connectivity index (χ0v) is 21.9. The van der Waals surface area contributed by atoms with Gasteiger partial charge in [-0.2, -0.15) is 0 Å². The van der Waals surface area contributed by atoms with E-state index in [0.717, 1.165) is 47.0 Å². The molecule has 0 saturated carbocycles. The Balaban J connectivity index is 1.63. The highest BCUT2D eigenvalue weighted by molar-refractivity contribution is 7.89. The van der Waals surface area contributed by atoms with Crippen molar-refractivity contribution >= 4 is 26.8 Å². The number of aromatic amines is 1. The lowest BCUT2D eigenvalue weighted by atomic mass is 9.88. The summed E-state index contributed by atoms with van der Waals surface area (Å²) >= 11 is 0. The molecule has 8 nitrogen and oxygen atoms in total. The molecule has 0 spiro atoms. The van der Waals surface area contributed by atoms with Gasteiger partial charge in [0.1, 0.15) is 0 Å². The average Bonchev–Trinajstić information content (AvgIpc) is 3.29. The van der Waals surface area contributed by atoms with Crippen molar-refractivity contribution in [1.82, 2.24) is 14.6 Å². The van der Waals surface area contributed by atoms with E-state index in [-0.39, 0.29) is 24.0 Å². The Morgan fingerprint density at radius 2 is 1.97 bits per heavy atom. The van der Waals surface area contributed by atoms with Crippen molar-refractivity contribution in [3.05, 3.63) is 59.3 Å². The van der Waals surface area contributed by atoms with Gasteiger partial charge in [-0.3, -0.25) is 4.79 Å². The van der Waals surface area contributed by atoms with Gasteiger partial charge >= 0.3 is 0 Å². The quantitative estimate of drug-likeness (QED) is 0.341. The van der Waals surface area contributed by atoms with Gasteiger partial charge in [0.15, 0.2) is 0 Å². The molecule has 1 aliphatic rings. The van der Waals surface area contributed by atoms with Gasteiger partial charge in [0, 0.05) is 50.5 Å². The molecular weight excluding hydrogens is 476 g/mol. The largest absolute Gasteiger partial charge is 0.385 e. The van der Waals surface area contributed by atoms with Gasteiger partial charge in [0.25, 0.3) is 0 Å². The number of hydrogen-bond acceptors (Lipinski definition) is 5. The van der Waals surface area contributed by atoms with Gasteiger partial charge in [0.2, 0.25) is 15.9 Å². The number of nitrogens with one attached hydrogen (secondary N) is 2. The van der Waals surface area contributed by atoms with Gasteiger partial charge in [-0.05, 0) is 78.2 Å². The molecule has 1 amide bonds. The molecular formula is C27H36N4O4S. The van der Waals surface area contributed by atoms with Crippen LogP contribution in [-0.2, 0) is 32.5 Å². The smallest absolute Gasteiger partial charge is 0.221 e. The summed E-state index contributed by atoms with van der Waals surface area (Å²) in [6.45, 7) is 2.23. The summed E-state index contributed by atoms with van der Waals surface area (Å²) in [4.78, 5) is 15.2. The van der Waals surface area contributed by atoms with E-state index >= 15 is 0 Å². The molecule has 9 heteroatoms. The SMILES string of the molecule is CNCc1cccc(-c2cc(CC(N)=O)c3[nH]cc(C4CCN(S(=O)(=O)CCCOC)CC4)c3c2)c1. The molecule has 4 rings (SSSR count). The van der Waals surface area contributed by atoms with Crippen LogP contribution >= 0.6 is 0 Å². The van der Waals surface area contributed by atoms with Crippen LogP contribution < -0.4 is 11.1 Å². The first-order chi connectivity index (χ1) is 17.3. The lowest BCUT2D eigenvalue weighted by molar-refractivity contribution is -0.117. The summed E-state index contributed by atoms with van der Waals surface area (Å²) in [6.07, 6.45) is 4.18. The van der Waals surface area contributed by atoms with Crippen molar-refractivity contribution in [3.63, 3.8) is 0 Å². The van der Waals surface area contributed by atoms with Crippen LogP contribution in [0, 0.1) is 0 Å². The molecule has 0 atom stereocenters. The van der Waals surface area contributed by atoms with Crippen molar-refractivity contribution in [3.8, 4) is 11.1 Å². The van der Waals surface area contributed by atoms with E-state index in [2.05, 4.69) is 34.6 Å². The first-order valence-electron chi connectivity index (χ1n) is 12.4. The molecule has 1 saturated heterocycles. The van der Waals surface area contributed by atoms with Gasteiger partial charge in [-0.25, -0.2) is 12.7 Å². The van der Waals surface area contributed by atoms with Gasteiger partial charge < -0.3 is 20.8 Å². The summed E-state index contributed by atoms with van der Waals surface area (Å²) in [6, 6.07) is 12.6. The molecule has 1 aliphatic heterocycles. The highest BCUT2D eigenvalue weighted by atomic mass is 32.2. The predicted octanol–water partition coefficient (Wildman–Crippen LogP) is 3.13. The van der Waals surface area contributed by atoms with Crippen LogP contribution in [0.1, 0.15) is 41.9 Å². The summed E-state index contributed by atoms with van der Waals surface area (Å²) in [7, 11) is 0.231. The van der Waals surface area contributed by atoms with Crippen LogP contribution in [0.3, 0.4) is 0 Å². The minimum absolute atomic E-state index is 0.116. The number of methoxy groups -OCH3 is 1.